The first-order valence-corrected chi connectivity index (χ1v) is 16.6. The molecule has 1 atom stereocenters. The quantitative estimate of drug-likeness (QED) is 0.128. The van der Waals surface area contributed by atoms with E-state index in [1.165, 1.54) is 5.56 Å². The molecule has 4 heteroatoms. The van der Waals surface area contributed by atoms with Crippen molar-refractivity contribution in [2.24, 2.45) is 5.92 Å². The number of hydrogen-bond donors (Lipinski definition) is 0. The summed E-state index contributed by atoms with van der Waals surface area (Å²) in [4.78, 5) is 0. The maximum atomic E-state index is 10.5. The molecule has 1 aliphatic rings. The zero-order valence-corrected chi connectivity index (χ0v) is 28.1. The molecule has 0 fully saturated rings. The molecule has 7 rings (SSSR count). The van der Waals surface area contributed by atoms with Gasteiger partial charge in [0.05, 0.1) is 40.0 Å². The van der Waals surface area contributed by atoms with E-state index < -0.39 is 0 Å². The molecule has 2 aromatic heterocycles. The lowest BCUT2D eigenvalue weighted by atomic mass is 9.89. The number of nitrogens with zero attached hydrogens (tertiary/aromatic N) is 4. The molecule has 0 radical (unpaired) electrons. The van der Waals surface area contributed by atoms with Gasteiger partial charge >= 0.3 is 0 Å². The SMILES string of the molecule is C#C/C=C(\C(=C/C)c1cccc(-n2c3c(c4ccccc42)CC(C#N)C=C3)c1)c1cccc(C#N)c1-n1c(C=C)c(/C=C\C)c2ccccc21. The summed E-state index contributed by atoms with van der Waals surface area (Å²) in [6.07, 6.45) is 20.7. The first-order chi connectivity index (χ1) is 24.6. The summed E-state index contributed by atoms with van der Waals surface area (Å²) < 4.78 is 4.42. The molecule has 0 N–H and O–H groups in total. The lowest BCUT2D eigenvalue weighted by Gasteiger charge is -2.21. The summed E-state index contributed by atoms with van der Waals surface area (Å²) in [6.45, 7) is 8.21. The molecular formula is C46H34N4. The van der Waals surface area contributed by atoms with Crippen LogP contribution in [-0.2, 0) is 6.42 Å². The van der Waals surface area contributed by atoms with E-state index in [-0.39, 0.29) is 5.92 Å². The molecule has 0 bridgehead atoms. The lowest BCUT2D eigenvalue weighted by Crippen LogP contribution is -2.07. The molecule has 1 aliphatic carbocycles. The van der Waals surface area contributed by atoms with Crippen molar-refractivity contribution in [2.45, 2.75) is 20.3 Å². The third-order valence-electron chi connectivity index (χ3n) is 9.47. The highest BCUT2D eigenvalue weighted by molar-refractivity contribution is 6.08. The molecule has 1 unspecified atom stereocenters. The van der Waals surface area contributed by atoms with E-state index in [1.54, 1.807) is 6.08 Å². The van der Waals surface area contributed by atoms with Gasteiger partial charge in [0.15, 0.2) is 0 Å². The number of nitriles is 2. The van der Waals surface area contributed by atoms with E-state index in [4.69, 9.17) is 6.42 Å². The van der Waals surface area contributed by atoms with Crippen LogP contribution in [0, 0.1) is 40.9 Å². The minimum Gasteiger partial charge on any atom is -0.310 e. The molecule has 0 amide bonds. The van der Waals surface area contributed by atoms with Gasteiger partial charge in [-0.15, -0.1) is 6.42 Å². The number of terminal acetylenes is 1. The third kappa shape index (κ3) is 5.11. The second-order valence-corrected chi connectivity index (χ2v) is 12.2. The van der Waals surface area contributed by atoms with Crippen LogP contribution >= 0.6 is 0 Å². The van der Waals surface area contributed by atoms with Crippen LogP contribution in [-0.4, -0.2) is 9.13 Å². The summed E-state index contributed by atoms with van der Waals surface area (Å²) in [5, 5.41) is 22.5. The lowest BCUT2D eigenvalue weighted by molar-refractivity contribution is 0.809. The summed E-state index contributed by atoms with van der Waals surface area (Å²) in [6, 6.07) is 35.8. The number of allylic oxidation sites excluding steroid dienone is 6. The maximum Gasteiger partial charge on any atom is 0.101 e. The molecule has 0 saturated carbocycles. The van der Waals surface area contributed by atoms with Gasteiger partial charge in [0.1, 0.15) is 6.07 Å². The van der Waals surface area contributed by atoms with Crippen LogP contribution in [0.2, 0.25) is 0 Å². The van der Waals surface area contributed by atoms with Crippen molar-refractivity contribution in [3.63, 3.8) is 0 Å². The first kappa shape index (κ1) is 31.8. The van der Waals surface area contributed by atoms with Crippen LogP contribution in [0.3, 0.4) is 0 Å². The van der Waals surface area contributed by atoms with Gasteiger partial charge in [-0.3, -0.25) is 0 Å². The fourth-order valence-electron chi connectivity index (χ4n) is 7.41. The molecule has 238 valence electrons. The number of fused-ring (bicyclic) bond motifs is 4. The van der Waals surface area contributed by atoms with E-state index in [0.717, 1.165) is 72.4 Å². The second kappa shape index (κ2) is 13.4. The van der Waals surface area contributed by atoms with Crippen molar-refractivity contribution in [2.75, 3.05) is 0 Å². The van der Waals surface area contributed by atoms with Gasteiger partial charge in [0.25, 0.3) is 0 Å². The molecule has 4 aromatic carbocycles. The van der Waals surface area contributed by atoms with Crippen LogP contribution in [0.15, 0.2) is 122 Å². The van der Waals surface area contributed by atoms with Gasteiger partial charge in [-0.05, 0) is 91.1 Å². The number of hydrogen-bond acceptors (Lipinski definition) is 2. The molecule has 0 aliphatic heterocycles. The van der Waals surface area contributed by atoms with Crippen LogP contribution in [0.5, 0.6) is 0 Å². The highest BCUT2D eigenvalue weighted by Gasteiger charge is 2.25. The number of rotatable bonds is 7. The van der Waals surface area contributed by atoms with E-state index in [0.29, 0.717) is 12.0 Å². The van der Waals surface area contributed by atoms with Gasteiger partial charge in [-0.1, -0.05) is 97.5 Å². The zero-order chi connectivity index (χ0) is 34.8. The number of para-hydroxylation sites is 3. The molecule has 4 nitrogen and oxygen atoms in total. The van der Waals surface area contributed by atoms with Crippen molar-refractivity contribution >= 4 is 51.2 Å². The van der Waals surface area contributed by atoms with Crippen molar-refractivity contribution in [1.29, 1.82) is 10.5 Å². The van der Waals surface area contributed by atoms with Crippen molar-refractivity contribution in [3.8, 4) is 35.9 Å². The Balaban J connectivity index is 1.45. The van der Waals surface area contributed by atoms with E-state index in [1.807, 2.05) is 62.4 Å². The van der Waals surface area contributed by atoms with E-state index >= 15 is 0 Å². The average molecular weight is 643 g/mol. The fourth-order valence-corrected chi connectivity index (χ4v) is 7.41. The second-order valence-electron chi connectivity index (χ2n) is 12.2. The summed E-state index contributed by atoms with van der Waals surface area (Å²) >= 11 is 0. The number of aromatic nitrogens is 2. The largest absolute Gasteiger partial charge is 0.310 e. The Kier molecular flexibility index (Phi) is 8.50. The summed E-state index contributed by atoms with van der Waals surface area (Å²) in [7, 11) is 0. The zero-order valence-electron chi connectivity index (χ0n) is 28.1. The van der Waals surface area contributed by atoms with E-state index in [2.05, 4.69) is 113 Å². The van der Waals surface area contributed by atoms with E-state index in [9.17, 15) is 10.5 Å². The maximum absolute atomic E-state index is 10.5. The van der Waals surface area contributed by atoms with Gasteiger partial charge in [-0.25, -0.2) is 0 Å². The number of benzene rings is 4. The third-order valence-corrected chi connectivity index (χ3v) is 9.47. The van der Waals surface area contributed by atoms with Crippen LogP contribution in [0.1, 0.15) is 53.1 Å². The Morgan fingerprint density at radius 1 is 0.880 bits per heavy atom. The molecule has 0 saturated heterocycles. The Bertz CT molecular complexity index is 2590. The Morgan fingerprint density at radius 3 is 2.32 bits per heavy atom. The first-order valence-electron chi connectivity index (χ1n) is 16.6. The summed E-state index contributed by atoms with van der Waals surface area (Å²) in [5.41, 5.74) is 12.2. The van der Waals surface area contributed by atoms with Crippen LogP contribution in [0.4, 0.5) is 0 Å². The predicted molar refractivity (Wildman–Crippen MR) is 208 cm³/mol. The smallest absolute Gasteiger partial charge is 0.101 e. The van der Waals surface area contributed by atoms with Gasteiger partial charge < -0.3 is 9.13 Å². The Morgan fingerprint density at radius 2 is 1.62 bits per heavy atom. The summed E-state index contributed by atoms with van der Waals surface area (Å²) in [5.74, 6) is 2.66. The topological polar surface area (TPSA) is 57.4 Å². The van der Waals surface area contributed by atoms with Crippen LogP contribution < -0.4 is 0 Å². The normalized spacial score (nSPS) is 14.4. The average Bonchev–Trinajstić information content (AvgIpc) is 3.66. The monoisotopic (exact) mass is 642 g/mol. The Hall–Kier alpha value is -6.80. The van der Waals surface area contributed by atoms with Crippen molar-refractivity contribution < 1.29 is 0 Å². The Labute approximate surface area is 293 Å². The predicted octanol–water partition coefficient (Wildman–Crippen LogP) is 11.0. The molecular weight excluding hydrogens is 609 g/mol. The molecule has 0 spiro atoms. The molecule has 6 aromatic rings. The highest BCUT2D eigenvalue weighted by Crippen LogP contribution is 2.41. The van der Waals surface area contributed by atoms with Gasteiger partial charge in [0.2, 0.25) is 0 Å². The minimum absolute atomic E-state index is 0.148. The fraction of sp³-hybridized carbons (Fsp3) is 0.0870. The van der Waals surface area contributed by atoms with Gasteiger partial charge in [-0.2, -0.15) is 10.5 Å². The van der Waals surface area contributed by atoms with Crippen molar-refractivity contribution in [1.82, 2.24) is 9.13 Å². The van der Waals surface area contributed by atoms with Crippen molar-refractivity contribution in [3.05, 3.63) is 161 Å². The van der Waals surface area contributed by atoms with Crippen LogP contribution in [0.25, 0.3) is 62.6 Å². The standard InChI is InChI=1S/C46H34N4/c1-5-15-36(40-22-14-18-33(30-48)46(40)50-42(8-4)37(16-6-2)38-20-9-12-24-44(38)50)35(7-3)32-17-13-19-34(28-32)49-43-23-11-10-21-39(43)41-27-31(29-47)25-26-45(41)49/h1,6-26,28,31H,4,27H2,2-3H3/b16-6-,35-7-,36-15+. The van der Waals surface area contributed by atoms with Gasteiger partial charge in [0, 0.05) is 33.3 Å². The minimum atomic E-state index is -0.148. The molecule has 2 heterocycles. The highest BCUT2D eigenvalue weighted by atomic mass is 15.0. The molecule has 50 heavy (non-hydrogen) atoms.